The average Bonchev–Trinajstić information content (AvgIpc) is 3.34. The lowest BCUT2D eigenvalue weighted by Gasteiger charge is -2.22. The number of carbonyl (C=O) groups is 3. The number of halogens is 1. The van der Waals surface area contributed by atoms with Crippen LogP contribution in [0.4, 0.5) is 10.1 Å². The van der Waals surface area contributed by atoms with Crippen LogP contribution < -0.4 is 4.90 Å². The molecule has 128 valence electrons. The molecule has 2 heterocycles. The van der Waals surface area contributed by atoms with Gasteiger partial charge in [-0.25, -0.2) is 4.39 Å². The first-order chi connectivity index (χ1) is 12.0. The Hall–Kier alpha value is -2.50. The van der Waals surface area contributed by atoms with Crippen LogP contribution in [0.2, 0.25) is 0 Å². The van der Waals surface area contributed by atoms with Crippen molar-refractivity contribution in [3.63, 3.8) is 0 Å². The molecule has 4 aliphatic rings. The van der Waals surface area contributed by atoms with E-state index in [1.54, 1.807) is 6.07 Å². The van der Waals surface area contributed by atoms with Crippen LogP contribution in [-0.2, 0) is 20.8 Å². The monoisotopic (exact) mass is 340 g/mol. The molecule has 5 nitrogen and oxygen atoms in total. The third kappa shape index (κ3) is 1.97. The lowest BCUT2D eigenvalue weighted by molar-refractivity contribution is -0.143. The third-order valence-corrected chi connectivity index (χ3v) is 6.10. The molecular weight excluding hydrogens is 323 g/mol. The Balaban J connectivity index is 1.37. The van der Waals surface area contributed by atoms with Crippen LogP contribution in [0.1, 0.15) is 12.0 Å². The average molecular weight is 340 g/mol. The van der Waals surface area contributed by atoms with Crippen LogP contribution in [0, 0.1) is 29.5 Å². The summed E-state index contributed by atoms with van der Waals surface area (Å²) in [7, 11) is 0. The molecule has 2 aliphatic heterocycles. The highest BCUT2D eigenvalue weighted by atomic mass is 19.1. The molecule has 0 N–H and O–H groups in total. The van der Waals surface area contributed by atoms with Gasteiger partial charge in [0.2, 0.25) is 17.7 Å². The molecule has 0 spiro atoms. The summed E-state index contributed by atoms with van der Waals surface area (Å²) >= 11 is 0. The van der Waals surface area contributed by atoms with Crippen molar-refractivity contribution >= 4 is 23.4 Å². The number of carbonyl (C=O) groups excluding carboxylic acids is 3. The second-order valence-electron chi connectivity index (χ2n) is 7.33. The Morgan fingerprint density at radius 1 is 1.12 bits per heavy atom. The summed E-state index contributed by atoms with van der Waals surface area (Å²) in [5.74, 6) is -1.49. The smallest absolute Gasteiger partial charge is 0.247 e. The first-order valence-electron chi connectivity index (χ1n) is 8.67. The molecule has 1 saturated carbocycles. The van der Waals surface area contributed by atoms with Gasteiger partial charge in [0.15, 0.2) is 0 Å². The molecule has 3 amide bonds. The fourth-order valence-electron chi connectivity index (χ4n) is 4.95. The summed E-state index contributed by atoms with van der Waals surface area (Å²) in [4.78, 5) is 40.7. The lowest BCUT2D eigenvalue weighted by Crippen LogP contribution is -2.43. The van der Waals surface area contributed by atoms with Crippen molar-refractivity contribution in [1.29, 1.82) is 0 Å². The summed E-state index contributed by atoms with van der Waals surface area (Å²) in [6, 6.07) is 4.40. The third-order valence-electron chi connectivity index (χ3n) is 6.10. The standard InChI is InChI=1S/C19H17FN2O3/c20-13-4-3-10-5-6-21(14(10)8-13)15(23)9-22-18(24)16-11-1-2-12(7-11)17(16)19(22)25/h1-4,8,11-12,16-17H,5-7,9H2. The van der Waals surface area contributed by atoms with Crippen molar-refractivity contribution in [2.75, 3.05) is 18.0 Å². The maximum absolute atomic E-state index is 13.5. The predicted octanol–water partition coefficient (Wildman–Crippen LogP) is 1.52. The van der Waals surface area contributed by atoms with Gasteiger partial charge in [0.25, 0.3) is 0 Å². The molecule has 2 fully saturated rings. The summed E-state index contributed by atoms with van der Waals surface area (Å²) in [5, 5.41) is 0. The van der Waals surface area contributed by atoms with E-state index in [2.05, 4.69) is 0 Å². The first-order valence-corrected chi connectivity index (χ1v) is 8.67. The molecule has 2 bridgehead atoms. The maximum atomic E-state index is 13.5. The number of nitrogens with zero attached hydrogens (tertiary/aromatic N) is 2. The highest BCUT2D eigenvalue weighted by molar-refractivity contribution is 6.10. The van der Waals surface area contributed by atoms with Gasteiger partial charge in [-0.1, -0.05) is 18.2 Å². The molecule has 1 aromatic carbocycles. The molecule has 1 saturated heterocycles. The summed E-state index contributed by atoms with van der Waals surface area (Å²) in [6.07, 6.45) is 5.58. The zero-order chi connectivity index (χ0) is 17.3. The number of imide groups is 1. The van der Waals surface area contributed by atoms with Crippen molar-refractivity contribution in [2.45, 2.75) is 12.8 Å². The first kappa shape index (κ1) is 14.8. The molecule has 0 aromatic heterocycles. The minimum Gasteiger partial charge on any atom is -0.310 e. The van der Waals surface area contributed by atoms with Crippen LogP contribution in [0.3, 0.4) is 0 Å². The van der Waals surface area contributed by atoms with Gasteiger partial charge < -0.3 is 4.90 Å². The summed E-state index contributed by atoms with van der Waals surface area (Å²) in [6.45, 7) is 0.202. The molecule has 6 heteroatoms. The van der Waals surface area contributed by atoms with E-state index in [-0.39, 0.29) is 47.9 Å². The molecule has 4 unspecified atom stereocenters. The molecule has 1 aromatic rings. The van der Waals surface area contributed by atoms with Gasteiger partial charge in [-0.05, 0) is 42.4 Å². The van der Waals surface area contributed by atoms with Gasteiger partial charge in [0, 0.05) is 12.2 Å². The summed E-state index contributed by atoms with van der Waals surface area (Å²) in [5.41, 5.74) is 1.46. The molecular formula is C19H17FN2O3. The Labute approximate surface area is 144 Å². The molecule has 5 rings (SSSR count). The highest BCUT2D eigenvalue weighted by Gasteiger charge is 2.59. The van der Waals surface area contributed by atoms with E-state index < -0.39 is 5.82 Å². The lowest BCUT2D eigenvalue weighted by atomic mass is 9.85. The van der Waals surface area contributed by atoms with E-state index in [4.69, 9.17) is 0 Å². The number of anilines is 1. The second kappa shape index (κ2) is 5.00. The van der Waals surface area contributed by atoms with Gasteiger partial charge in [-0.3, -0.25) is 19.3 Å². The van der Waals surface area contributed by atoms with Gasteiger partial charge >= 0.3 is 0 Å². The van der Waals surface area contributed by atoms with Gasteiger partial charge in [-0.15, -0.1) is 0 Å². The Morgan fingerprint density at radius 3 is 2.48 bits per heavy atom. The largest absolute Gasteiger partial charge is 0.310 e. The molecule has 0 radical (unpaired) electrons. The zero-order valence-electron chi connectivity index (χ0n) is 13.5. The van der Waals surface area contributed by atoms with E-state index in [9.17, 15) is 18.8 Å². The van der Waals surface area contributed by atoms with E-state index in [1.165, 1.54) is 17.0 Å². The number of likely N-dealkylation sites (tertiary alicyclic amines) is 1. The van der Waals surface area contributed by atoms with Crippen LogP contribution in [0.25, 0.3) is 0 Å². The summed E-state index contributed by atoms with van der Waals surface area (Å²) < 4.78 is 13.5. The number of benzene rings is 1. The highest BCUT2D eigenvalue weighted by Crippen LogP contribution is 2.52. The van der Waals surface area contributed by atoms with Gasteiger partial charge in [0.05, 0.1) is 11.8 Å². The molecule has 25 heavy (non-hydrogen) atoms. The van der Waals surface area contributed by atoms with Crippen molar-refractivity contribution in [1.82, 2.24) is 4.90 Å². The van der Waals surface area contributed by atoms with E-state index >= 15 is 0 Å². The zero-order valence-corrected chi connectivity index (χ0v) is 13.5. The topological polar surface area (TPSA) is 57.7 Å². The fourth-order valence-corrected chi connectivity index (χ4v) is 4.95. The minimum atomic E-state index is -0.399. The number of hydrogen-bond acceptors (Lipinski definition) is 3. The van der Waals surface area contributed by atoms with Crippen LogP contribution in [-0.4, -0.2) is 35.7 Å². The Morgan fingerprint density at radius 2 is 1.80 bits per heavy atom. The quantitative estimate of drug-likeness (QED) is 0.606. The maximum Gasteiger partial charge on any atom is 0.247 e. The van der Waals surface area contributed by atoms with E-state index in [0.717, 1.165) is 16.9 Å². The van der Waals surface area contributed by atoms with Crippen LogP contribution >= 0.6 is 0 Å². The Bertz CT molecular complexity index is 819. The van der Waals surface area contributed by atoms with Crippen molar-refractivity contribution in [2.24, 2.45) is 23.7 Å². The number of rotatable bonds is 2. The minimum absolute atomic E-state index is 0.133. The fraction of sp³-hybridized carbons (Fsp3) is 0.421. The number of amides is 3. The van der Waals surface area contributed by atoms with Crippen molar-refractivity contribution in [3.8, 4) is 0 Å². The number of fused-ring (bicyclic) bond motifs is 6. The Kier molecular flexibility index (Phi) is 2.96. The van der Waals surface area contributed by atoms with E-state index in [0.29, 0.717) is 18.7 Å². The van der Waals surface area contributed by atoms with E-state index in [1.807, 2.05) is 12.2 Å². The van der Waals surface area contributed by atoms with Crippen molar-refractivity contribution in [3.05, 3.63) is 41.7 Å². The molecule has 2 aliphatic carbocycles. The number of allylic oxidation sites excluding steroid dienone is 2. The predicted molar refractivity (Wildman–Crippen MR) is 86.9 cm³/mol. The normalized spacial score (nSPS) is 31.9. The molecule has 4 atom stereocenters. The van der Waals surface area contributed by atoms with Crippen LogP contribution in [0.5, 0.6) is 0 Å². The van der Waals surface area contributed by atoms with Gasteiger partial charge in [-0.2, -0.15) is 0 Å². The SMILES string of the molecule is O=C1C2C3C=CC(C3)C2C(=O)N1CC(=O)N1CCc2ccc(F)cc21. The van der Waals surface area contributed by atoms with Crippen molar-refractivity contribution < 1.29 is 18.8 Å². The second-order valence-corrected chi connectivity index (χ2v) is 7.33. The van der Waals surface area contributed by atoms with Crippen LogP contribution in [0.15, 0.2) is 30.4 Å². The number of hydrogen-bond donors (Lipinski definition) is 0. The van der Waals surface area contributed by atoms with Gasteiger partial charge in [0.1, 0.15) is 12.4 Å².